The lowest BCUT2D eigenvalue weighted by molar-refractivity contribution is -0.136. The molecule has 7 heteroatoms. The summed E-state index contributed by atoms with van der Waals surface area (Å²) in [5.41, 5.74) is 6.35. The summed E-state index contributed by atoms with van der Waals surface area (Å²) in [6.07, 6.45) is 4.02. The second-order valence-corrected chi connectivity index (χ2v) is 9.80. The van der Waals surface area contributed by atoms with E-state index < -0.39 is 11.9 Å². The number of aromatic nitrogens is 2. The number of Topliss-reactive ketones (excluding diaryl/α,β-unsaturated/α-hetero) is 1. The number of halogens is 1. The van der Waals surface area contributed by atoms with Gasteiger partial charge in [-0.2, -0.15) is 5.10 Å². The van der Waals surface area contributed by atoms with Gasteiger partial charge in [-0.15, -0.1) is 0 Å². The summed E-state index contributed by atoms with van der Waals surface area (Å²) >= 11 is 3.49. The van der Waals surface area contributed by atoms with Gasteiger partial charge in [-0.25, -0.2) is 4.79 Å². The molecular formula is C28H26BrN3O3. The number of hydrogen-bond acceptors (Lipinski definition) is 5. The molecule has 2 heterocycles. The van der Waals surface area contributed by atoms with E-state index >= 15 is 0 Å². The summed E-state index contributed by atoms with van der Waals surface area (Å²) in [6, 6.07) is 18.0. The smallest absolute Gasteiger partial charge is 0.336 e. The molecule has 0 saturated carbocycles. The predicted octanol–water partition coefficient (Wildman–Crippen LogP) is 5.50. The first kappa shape index (κ1) is 23.3. The van der Waals surface area contributed by atoms with Crippen LogP contribution >= 0.6 is 15.9 Å². The number of rotatable bonds is 5. The molecule has 1 aliphatic heterocycles. The van der Waals surface area contributed by atoms with Gasteiger partial charge in [0, 0.05) is 45.2 Å². The number of nitrogens with zero attached hydrogens (tertiary/aromatic N) is 2. The van der Waals surface area contributed by atoms with Gasteiger partial charge < -0.3 is 10.1 Å². The number of allylic oxidation sites excluding steroid dienone is 3. The van der Waals surface area contributed by atoms with Crippen molar-refractivity contribution in [3.63, 3.8) is 0 Å². The number of ketones is 1. The van der Waals surface area contributed by atoms with Crippen LogP contribution in [0.3, 0.4) is 0 Å². The number of nitrogens with one attached hydrogen (secondary N) is 1. The van der Waals surface area contributed by atoms with Crippen molar-refractivity contribution in [1.29, 1.82) is 0 Å². The first-order valence-corrected chi connectivity index (χ1v) is 12.4. The molecular weight excluding hydrogens is 506 g/mol. The zero-order chi connectivity index (χ0) is 24.5. The average Bonchev–Trinajstić information content (AvgIpc) is 3.28. The van der Waals surface area contributed by atoms with Crippen LogP contribution in [0.2, 0.25) is 0 Å². The van der Waals surface area contributed by atoms with Crippen molar-refractivity contribution in [2.75, 3.05) is 7.11 Å². The maximum absolute atomic E-state index is 13.2. The molecule has 0 radical (unpaired) electrons. The van der Waals surface area contributed by atoms with Gasteiger partial charge in [0.2, 0.25) is 0 Å². The van der Waals surface area contributed by atoms with Crippen LogP contribution in [0.15, 0.2) is 87.8 Å². The lowest BCUT2D eigenvalue weighted by atomic mass is 9.75. The van der Waals surface area contributed by atoms with Crippen LogP contribution in [-0.2, 0) is 20.9 Å². The molecule has 178 valence electrons. The first-order chi connectivity index (χ1) is 17.0. The topological polar surface area (TPSA) is 73.2 Å². The van der Waals surface area contributed by atoms with Crippen LogP contribution in [0.4, 0.5) is 0 Å². The molecule has 2 aromatic carbocycles. The highest BCUT2D eigenvalue weighted by molar-refractivity contribution is 9.10. The van der Waals surface area contributed by atoms with Gasteiger partial charge >= 0.3 is 5.97 Å². The molecule has 0 amide bonds. The summed E-state index contributed by atoms with van der Waals surface area (Å²) in [7, 11) is 1.38. The Morgan fingerprint density at radius 3 is 2.60 bits per heavy atom. The van der Waals surface area contributed by atoms with Gasteiger partial charge in [0.25, 0.3) is 0 Å². The van der Waals surface area contributed by atoms with Crippen LogP contribution in [-0.4, -0.2) is 28.6 Å². The number of carbonyl (C=O) groups excluding carboxylic acids is 2. The molecule has 0 bridgehead atoms. The Morgan fingerprint density at radius 1 is 1.14 bits per heavy atom. The normalized spacial score (nSPS) is 17.8. The van der Waals surface area contributed by atoms with Crippen molar-refractivity contribution in [3.8, 4) is 11.3 Å². The molecule has 6 nitrogen and oxygen atoms in total. The number of hydrogen-bond donors (Lipinski definition) is 1. The fourth-order valence-electron chi connectivity index (χ4n) is 5.00. The van der Waals surface area contributed by atoms with Crippen molar-refractivity contribution >= 4 is 27.7 Å². The lowest BCUT2D eigenvalue weighted by Gasteiger charge is -2.33. The van der Waals surface area contributed by atoms with E-state index in [9.17, 15) is 9.59 Å². The largest absolute Gasteiger partial charge is 0.466 e. The van der Waals surface area contributed by atoms with Gasteiger partial charge in [0.1, 0.15) is 0 Å². The molecule has 0 saturated heterocycles. The monoisotopic (exact) mass is 531 g/mol. The number of ether oxygens (including phenoxy) is 1. The van der Waals surface area contributed by atoms with Crippen molar-refractivity contribution in [2.45, 2.75) is 38.6 Å². The van der Waals surface area contributed by atoms with Gasteiger partial charge in [0.05, 0.1) is 30.8 Å². The van der Waals surface area contributed by atoms with E-state index in [1.165, 1.54) is 7.11 Å². The average molecular weight is 532 g/mol. The van der Waals surface area contributed by atoms with Crippen LogP contribution in [0.25, 0.3) is 11.3 Å². The standard InChI is InChI=1S/C28H26BrN3O3/c1-17-24(28(34)35-2)25(26-22(30-17)9-6-10-23(26)33)21-16-32(15-18-11-13-20(29)14-12-18)31-27(21)19-7-4-3-5-8-19/h3-5,7-8,11-14,16,25,30H,6,9-10,15H2,1-2H3/t25-/m1/s1. The quantitative estimate of drug-likeness (QED) is 0.440. The highest BCUT2D eigenvalue weighted by Gasteiger charge is 2.41. The molecule has 1 aliphatic carbocycles. The Balaban J connectivity index is 1.70. The van der Waals surface area contributed by atoms with Gasteiger partial charge in [-0.1, -0.05) is 58.4 Å². The van der Waals surface area contributed by atoms with E-state index in [1.54, 1.807) is 0 Å². The first-order valence-electron chi connectivity index (χ1n) is 11.7. The van der Waals surface area contributed by atoms with Crippen molar-refractivity contribution in [2.24, 2.45) is 0 Å². The zero-order valence-electron chi connectivity index (χ0n) is 19.7. The highest BCUT2D eigenvalue weighted by atomic mass is 79.9. The van der Waals surface area contributed by atoms with E-state index in [0.717, 1.165) is 51.1 Å². The Labute approximate surface area is 212 Å². The third-order valence-corrected chi connectivity index (χ3v) is 7.12. The second-order valence-electron chi connectivity index (χ2n) is 8.88. The molecule has 0 spiro atoms. The molecule has 5 rings (SSSR count). The Kier molecular flexibility index (Phi) is 6.43. The Hall–Kier alpha value is -3.45. The maximum atomic E-state index is 13.2. The fourth-order valence-corrected chi connectivity index (χ4v) is 5.27. The van der Waals surface area contributed by atoms with Crippen LogP contribution in [0.5, 0.6) is 0 Å². The summed E-state index contributed by atoms with van der Waals surface area (Å²) in [5.74, 6) is -0.915. The second kappa shape index (κ2) is 9.66. The lowest BCUT2D eigenvalue weighted by Crippen LogP contribution is -2.34. The predicted molar refractivity (Wildman–Crippen MR) is 137 cm³/mol. The molecule has 3 aromatic rings. The van der Waals surface area contributed by atoms with Crippen molar-refractivity contribution in [3.05, 3.63) is 98.9 Å². The summed E-state index contributed by atoms with van der Waals surface area (Å²) in [4.78, 5) is 26.3. The number of methoxy groups -OCH3 is 1. The van der Waals surface area contributed by atoms with Crippen LogP contribution in [0.1, 0.15) is 43.2 Å². The van der Waals surface area contributed by atoms with E-state index in [2.05, 4.69) is 21.2 Å². The summed E-state index contributed by atoms with van der Waals surface area (Å²) in [5, 5.41) is 8.29. The minimum absolute atomic E-state index is 0.0670. The van der Waals surface area contributed by atoms with E-state index in [4.69, 9.17) is 9.84 Å². The Bertz CT molecular complexity index is 1350. The number of benzene rings is 2. The van der Waals surface area contributed by atoms with E-state index in [1.807, 2.05) is 72.4 Å². The third kappa shape index (κ3) is 4.48. The minimum atomic E-state index is -0.541. The zero-order valence-corrected chi connectivity index (χ0v) is 21.3. The van der Waals surface area contributed by atoms with Crippen molar-refractivity contribution < 1.29 is 14.3 Å². The third-order valence-electron chi connectivity index (χ3n) is 6.59. The molecule has 1 atom stereocenters. The SMILES string of the molecule is COC(=O)C1=C(C)NC2=C(C(=O)CCC2)[C@@H]1c1cn(Cc2ccc(Br)cc2)nc1-c1ccccc1. The van der Waals surface area contributed by atoms with Crippen molar-refractivity contribution in [1.82, 2.24) is 15.1 Å². The molecule has 1 aromatic heterocycles. The van der Waals surface area contributed by atoms with E-state index in [-0.39, 0.29) is 5.78 Å². The molecule has 0 unspecified atom stereocenters. The molecule has 35 heavy (non-hydrogen) atoms. The van der Waals surface area contributed by atoms with E-state index in [0.29, 0.717) is 24.1 Å². The minimum Gasteiger partial charge on any atom is -0.466 e. The molecule has 2 aliphatic rings. The summed E-state index contributed by atoms with van der Waals surface area (Å²) in [6.45, 7) is 2.44. The van der Waals surface area contributed by atoms with Gasteiger partial charge in [-0.3, -0.25) is 9.48 Å². The molecule has 1 N–H and O–H groups in total. The van der Waals surface area contributed by atoms with Gasteiger partial charge in [-0.05, 0) is 37.5 Å². The number of dihydropyridines is 1. The Morgan fingerprint density at radius 2 is 1.89 bits per heavy atom. The number of esters is 1. The highest BCUT2D eigenvalue weighted by Crippen LogP contribution is 2.45. The van der Waals surface area contributed by atoms with Crippen LogP contribution in [0, 0.1) is 0 Å². The maximum Gasteiger partial charge on any atom is 0.336 e. The van der Waals surface area contributed by atoms with Gasteiger partial charge in [0.15, 0.2) is 5.78 Å². The molecule has 0 fully saturated rings. The number of carbonyl (C=O) groups is 2. The van der Waals surface area contributed by atoms with Crippen LogP contribution < -0.4 is 5.32 Å². The summed E-state index contributed by atoms with van der Waals surface area (Å²) < 4.78 is 8.09. The fraction of sp³-hybridized carbons (Fsp3) is 0.250.